The van der Waals surface area contributed by atoms with E-state index in [0.717, 1.165) is 5.56 Å². The molecule has 0 unspecified atom stereocenters. The lowest BCUT2D eigenvalue weighted by molar-refractivity contribution is 0.0742. The Morgan fingerprint density at radius 2 is 1.90 bits per heavy atom. The molecule has 0 spiro atoms. The summed E-state index contributed by atoms with van der Waals surface area (Å²) in [4.78, 5) is 27.7. The first kappa shape index (κ1) is 21.2. The average molecular weight is 419 g/mol. The Morgan fingerprint density at radius 3 is 2.57 bits per heavy atom. The molecule has 0 aliphatic heterocycles. The van der Waals surface area contributed by atoms with Gasteiger partial charge in [0.25, 0.3) is 11.8 Å². The summed E-state index contributed by atoms with van der Waals surface area (Å²) in [7, 11) is 0. The molecular weight excluding hydrogens is 396 g/mol. The number of thiophene rings is 1. The highest BCUT2D eigenvalue weighted by Gasteiger charge is 2.16. The third-order valence-corrected chi connectivity index (χ3v) is 5.35. The van der Waals surface area contributed by atoms with E-state index in [4.69, 9.17) is 11.0 Å². The number of nitrogens with two attached hydrogens (primary N) is 1. The minimum atomic E-state index is -0.157. The molecule has 0 radical (unpaired) electrons. The van der Waals surface area contributed by atoms with Crippen LogP contribution in [0.1, 0.15) is 37.6 Å². The number of hydrogen-bond donors (Lipinski definition) is 2. The van der Waals surface area contributed by atoms with Gasteiger partial charge in [0.2, 0.25) is 0 Å². The van der Waals surface area contributed by atoms with Crippen molar-refractivity contribution >= 4 is 28.8 Å². The van der Waals surface area contributed by atoms with Crippen LogP contribution in [0, 0.1) is 11.3 Å². The lowest BCUT2D eigenvalue weighted by Gasteiger charge is -2.23. The Bertz CT molecular complexity index is 1040. The van der Waals surface area contributed by atoms with Crippen LogP contribution in [0.5, 0.6) is 0 Å². The minimum Gasteiger partial charge on any atom is -0.334 e. The topological polar surface area (TPSA) is 99.2 Å². The van der Waals surface area contributed by atoms with E-state index >= 15 is 0 Å². The monoisotopic (exact) mass is 418 g/mol. The number of hydrogen-bond acceptors (Lipinski definition) is 5. The van der Waals surface area contributed by atoms with Crippen molar-refractivity contribution in [2.24, 2.45) is 5.73 Å². The minimum absolute atomic E-state index is 0.124. The fourth-order valence-corrected chi connectivity index (χ4v) is 3.59. The second-order valence-electron chi connectivity index (χ2n) is 6.69. The summed E-state index contributed by atoms with van der Waals surface area (Å²) in [5.74, 6) is -0.281. The molecule has 3 rings (SSSR count). The number of amides is 2. The first-order valence-electron chi connectivity index (χ1n) is 9.54. The van der Waals surface area contributed by atoms with Gasteiger partial charge in [-0.3, -0.25) is 9.59 Å². The summed E-state index contributed by atoms with van der Waals surface area (Å²) in [6.07, 6.45) is 0.677. The molecule has 0 aliphatic carbocycles. The third kappa shape index (κ3) is 5.54. The number of nitriles is 1. The van der Waals surface area contributed by atoms with E-state index in [1.54, 1.807) is 35.2 Å². The second-order valence-corrected chi connectivity index (χ2v) is 7.64. The van der Waals surface area contributed by atoms with Crippen LogP contribution in [-0.2, 0) is 6.54 Å². The highest BCUT2D eigenvalue weighted by atomic mass is 32.1. The van der Waals surface area contributed by atoms with Gasteiger partial charge in [0.15, 0.2) is 0 Å². The Balaban J connectivity index is 1.74. The molecule has 0 fully saturated rings. The molecule has 3 N–H and O–H groups in total. The molecule has 6 nitrogen and oxygen atoms in total. The lowest BCUT2D eigenvalue weighted by atomic mass is 10.1. The Hall–Kier alpha value is -3.47. The van der Waals surface area contributed by atoms with Gasteiger partial charge in [-0.15, -0.1) is 11.3 Å². The van der Waals surface area contributed by atoms with Crippen molar-refractivity contribution in [2.75, 3.05) is 18.4 Å². The van der Waals surface area contributed by atoms with Gasteiger partial charge in [-0.05, 0) is 66.4 Å². The molecule has 2 amide bonds. The largest absolute Gasteiger partial charge is 0.334 e. The van der Waals surface area contributed by atoms with Crippen LogP contribution < -0.4 is 11.1 Å². The third-order valence-electron chi connectivity index (χ3n) is 4.48. The van der Waals surface area contributed by atoms with Crippen LogP contribution in [0.15, 0.2) is 66.0 Å². The van der Waals surface area contributed by atoms with Gasteiger partial charge in [0, 0.05) is 24.3 Å². The number of nitrogens with one attached hydrogen (secondary N) is 1. The Kier molecular flexibility index (Phi) is 7.33. The highest BCUT2D eigenvalue weighted by molar-refractivity contribution is 7.12. The van der Waals surface area contributed by atoms with Crippen molar-refractivity contribution in [2.45, 2.75) is 13.0 Å². The molecule has 1 aromatic heterocycles. The number of benzene rings is 2. The summed E-state index contributed by atoms with van der Waals surface area (Å²) in [6, 6.07) is 19.7. The van der Waals surface area contributed by atoms with E-state index in [-0.39, 0.29) is 11.8 Å². The van der Waals surface area contributed by atoms with Gasteiger partial charge in [0.1, 0.15) is 0 Å². The molecule has 1 heterocycles. The summed E-state index contributed by atoms with van der Waals surface area (Å²) in [5.41, 5.74) is 8.26. The molecular formula is C23H22N4O2S. The molecule has 30 heavy (non-hydrogen) atoms. The molecule has 0 aliphatic rings. The van der Waals surface area contributed by atoms with Gasteiger partial charge in [0.05, 0.1) is 16.5 Å². The van der Waals surface area contributed by atoms with Crippen molar-refractivity contribution < 1.29 is 9.59 Å². The van der Waals surface area contributed by atoms with Crippen LogP contribution in [0.2, 0.25) is 0 Å². The summed E-state index contributed by atoms with van der Waals surface area (Å²) in [6.45, 7) is 1.39. The van der Waals surface area contributed by atoms with E-state index in [1.165, 1.54) is 11.3 Å². The SMILES string of the molecule is N#Cc1ccc(C(=O)N(CCCN)Cc2cccc(NC(=O)c3cccs3)c2)cc1. The van der Waals surface area contributed by atoms with Gasteiger partial charge in [-0.1, -0.05) is 18.2 Å². The standard InChI is InChI=1S/C23H22N4O2S/c24-11-3-12-27(23(29)19-9-7-17(15-25)8-10-19)16-18-4-1-5-20(14-18)26-22(28)21-6-2-13-30-21/h1-2,4-10,13-14H,3,11-12,16,24H2,(H,26,28). The smallest absolute Gasteiger partial charge is 0.265 e. The predicted molar refractivity (Wildman–Crippen MR) is 118 cm³/mol. The maximum Gasteiger partial charge on any atom is 0.265 e. The van der Waals surface area contributed by atoms with Crippen LogP contribution in [-0.4, -0.2) is 29.8 Å². The van der Waals surface area contributed by atoms with Crippen molar-refractivity contribution in [3.8, 4) is 6.07 Å². The summed E-state index contributed by atoms with van der Waals surface area (Å²) < 4.78 is 0. The molecule has 7 heteroatoms. The fraction of sp³-hybridized carbons (Fsp3) is 0.174. The average Bonchev–Trinajstić information content (AvgIpc) is 3.32. The van der Waals surface area contributed by atoms with Crippen LogP contribution in [0.25, 0.3) is 0 Å². The lowest BCUT2D eigenvalue weighted by Crippen LogP contribution is -2.32. The van der Waals surface area contributed by atoms with Gasteiger partial charge < -0.3 is 16.0 Å². The molecule has 3 aromatic rings. The van der Waals surface area contributed by atoms with Crippen molar-refractivity contribution in [3.05, 3.63) is 87.6 Å². The molecule has 0 saturated heterocycles. The van der Waals surface area contributed by atoms with E-state index in [2.05, 4.69) is 11.4 Å². The van der Waals surface area contributed by atoms with E-state index in [1.807, 2.05) is 35.7 Å². The van der Waals surface area contributed by atoms with Gasteiger partial charge >= 0.3 is 0 Å². The van der Waals surface area contributed by atoms with Crippen molar-refractivity contribution in [3.63, 3.8) is 0 Å². The number of anilines is 1. The summed E-state index contributed by atoms with van der Waals surface area (Å²) in [5, 5.41) is 13.7. The number of nitrogens with zero attached hydrogens (tertiary/aromatic N) is 2. The molecule has 0 atom stereocenters. The first-order valence-corrected chi connectivity index (χ1v) is 10.4. The predicted octanol–water partition coefficient (Wildman–Crippen LogP) is 3.86. The van der Waals surface area contributed by atoms with Crippen LogP contribution >= 0.6 is 11.3 Å². The maximum absolute atomic E-state index is 13.0. The van der Waals surface area contributed by atoms with Gasteiger partial charge in [-0.25, -0.2) is 0 Å². The normalized spacial score (nSPS) is 10.3. The molecule has 2 aromatic carbocycles. The van der Waals surface area contributed by atoms with E-state index in [0.29, 0.717) is 47.7 Å². The van der Waals surface area contributed by atoms with Crippen LogP contribution in [0.3, 0.4) is 0 Å². The highest BCUT2D eigenvalue weighted by Crippen LogP contribution is 2.17. The second kappa shape index (κ2) is 10.3. The van der Waals surface area contributed by atoms with Crippen molar-refractivity contribution in [1.29, 1.82) is 5.26 Å². The molecule has 0 bridgehead atoms. The first-order chi connectivity index (χ1) is 14.6. The quantitative estimate of drug-likeness (QED) is 0.580. The zero-order valence-electron chi connectivity index (χ0n) is 16.4. The number of carbonyl (C=O) groups excluding carboxylic acids is 2. The zero-order chi connectivity index (χ0) is 21.3. The molecule has 0 saturated carbocycles. The van der Waals surface area contributed by atoms with Crippen molar-refractivity contribution in [1.82, 2.24) is 4.90 Å². The fourth-order valence-electron chi connectivity index (χ4n) is 2.97. The maximum atomic E-state index is 13.0. The Labute approximate surface area is 179 Å². The van der Waals surface area contributed by atoms with Crippen LogP contribution in [0.4, 0.5) is 5.69 Å². The number of rotatable bonds is 8. The summed E-state index contributed by atoms with van der Waals surface area (Å²) >= 11 is 1.38. The zero-order valence-corrected chi connectivity index (χ0v) is 17.2. The van der Waals surface area contributed by atoms with E-state index in [9.17, 15) is 9.59 Å². The molecule has 152 valence electrons. The Morgan fingerprint density at radius 1 is 1.10 bits per heavy atom. The van der Waals surface area contributed by atoms with E-state index < -0.39 is 0 Å². The number of carbonyl (C=O) groups is 2. The van der Waals surface area contributed by atoms with Gasteiger partial charge in [-0.2, -0.15) is 5.26 Å².